The molecule has 0 heterocycles. The number of benzene rings is 2. The summed E-state index contributed by atoms with van der Waals surface area (Å²) in [6, 6.07) is 15.8. The van der Waals surface area contributed by atoms with E-state index in [1.165, 1.54) is 11.1 Å². The van der Waals surface area contributed by atoms with Gasteiger partial charge in [0.25, 0.3) is 0 Å². The molecule has 0 aliphatic rings. The highest BCUT2D eigenvalue weighted by Gasteiger charge is 2.29. The Hall–Kier alpha value is -2.09. The van der Waals surface area contributed by atoms with Crippen LogP contribution in [-0.4, -0.2) is 5.91 Å². The Morgan fingerprint density at radius 3 is 2.20 bits per heavy atom. The van der Waals surface area contributed by atoms with Crippen LogP contribution in [0.15, 0.2) is 48.5 Å². The number of carbonyl (C=O) groups excluding carboxylic acids is 1. The largest absolute Gasteiger partial charge is 0.325 e. The lowest BCUT2D eigenvalue weighted by molar-refractivity contribution is -0.120. The number of aryl methyl sites for hydroxylation is 2. The second kappa shape index (κ2) is 5.49. The van der Waals surface area contributed by atoms with Crippen LogP contribution in [-0.2, 0) is 10.2 Å². The lowest BCUT2D eigenvalue weighted by Crippen LogP contribution is -2.34. The molecule has 0 aliphatic carbocycles. The topological polar surface area (TPSA) is 29.1 Å². The minimum atomic E-state index is -0.556. The van der Waals surface area contributed by atoms with Gasteiger partial charge in [0, 0.05) is 5.69 Å². The second-order valence-electron chi connectivity index (χ2n) is 5.74. The quantitative estimate of drug-likeness (QED) is 0.886. The Labute approximate surface area is 120 Å². The van der Waals surface area contributed by atoms with E-state index in [0.29, 0.717) is 0 Å². The summed E-state index contributed by atoms with van der Waals surface area (Å²) < 4.78 is 0. The highest BCUT2D eigenvalue weighted by atomic mass is 16.2. The summed E-state index contributed by atoms with van der Waals surface area (Å²) >= 11 is 0. The number of amides is 1. The molecule has 104 valence electrons. The molecule has 0 saturated heterocycles. The molecule has 2 aromatic rings. The van der Waals surface area contributed by atoms with Crippen LogP contribution in [0, 0.1) is 13.8 Å². The minimum absolute atomic E-state index is 0.00644. The van der Waals surface area contributed by atoms with Gasteiger partial charge in [0.1, 0.15) is 0 Å². The third-order valence-corrected chi connectivity index (χ3v) is 3.83. The van der Waals surface area contributed by atoms with Crippen LogP contribution >= 0.6 is 0 Å². The molecule has 2 nitrogen and oxygen atoms in total. The van der Waals surface area contributed by atoms with Crippen molar-refractivity contribution in [2.75, 3.05) is 5.32 Å². The highest BCUT2D eigenvalue weighted by molar-refractivity contribution is 5.98. The van der Waals surface area contributed by atoms with Crippen LogP contribution < -0.4 is 5.32 Å². The molecule has 0 unspecified atom stereocenters. The smallest absolute Gasteiger partial charge is 0.234 e. The maximum atomic E-state index is 12.5. The van der Waals surface area contributed by atoms with Gasteiger partial charge in [-0.2, -0.15) is 0 Å². The van der Waals surface area contributed by atoms with Crippen molar-refractivity contribution < 1.29 is 4.79 Å². The van der Waals surface area contributed by atoms with E-state index in [9.17, 15) is 4.79 Å². The molecule has 1 amide bonds. The third kappa shape index (κ3) is 2.90. The fourth-order valence-corrected chi connectivity index (χ4v) is 2.09. The molecule has 0 saturated carbocycles. The van der Waals surface area contributed by atoms with Crippen molar-refractivity contribution in [2.45, 2.75) is 33.1 Å². The lowest BCUT2D eigenvalue weighted by Gasteiger charge is -2.24. The molecule has 2 rings (SSSR count). The van der Waals surface area contributed by atoms with E-state index in [0.717, 1.165) is 11.3 Å². The molecule has 0 atom stereocenters. The van der Waals surface area contributed by atoms with Crippen molar-refractivity contribution in [3.8, 4) is 0 Å². The average Bonchev–Trinajstić information content (AvgIpc) is 2.44. The van der Waals surface area contributed by atoms with Crippen LogP contribution in [0.25, 0.3) is 0 Å². The van der Waals surface area contributed by atoms with Gasteiger partial charge in [-0.1, -0.05) is 36.4 Å². The van der Waals surface area contributed by atoms with Gasteiger partial charge in [-0.3, -0.25) is 4.79 Å². The van der Waals surface area contributed by atoms with Crippen molar-refractivity contribution in [3.05, 3.63) is 65.2 Å². The summed E-state index contributed by atoms with van der Waals surface area (Å²) in [7, 11) is 0. The number of rotatable bonds is 3. The molecule has 2 heteroatoms. The molecule has 2 aromatic carbocycles. The first kappa shape index (κ1) is 14.3. The van der Waals surface area contributed by atoms with Crippen molar-refractivity contribution in [3.63, 3.8) is 0 Å². The van der Waals surface area contributed by atoms with E-state index in [2.05, 4.69) is 12.2 Å². The molecule has 0 fully saturated rings. The van der Waals surface area contributed by atoms with Gasteiger partial charge in [-0.05, 0) is 56.5 Å². The van der Waals surface area contributed by atoms with Gasteiger partial charge in [0.05, 0.1) is 5.41 Å². The van der Waals surface area contributed by atoms with Gasteiger partial charge in [0.15, 0.2) is 0 Å². The van der Waals surface area contributed by atoms with E-state index < -0.39 is 5.41 Å². The van der Waals surface area contributed by atoms with E-state index in [4.69, 9.17) is 0 Å². The Balaban J connectivity index is 2.21. The van der Waals surface area contributed by atoms with Crippen molar-refractivity contribution >= 4 is 11.6 Å². The molecular weight excluding hydrogens is 246 g/mol. The van der Waals surface area contributed by atoms with E-state index in [1.54, 1.807) is 0 Å². The number of hydrogen-bond donors (Lipinski definition) is 1. The Morgan fingerprint density at radius 2 is 1.60 bits per heavy atom. The van der Waals surface area contributed by atoms with Gasteiger partial charge in [-0.15, -0.1) is 0 Å². The maximum Gasteiger partial charge on any atom is 0.234 e. The Bertz CT molecular complexity index is 615. The van der Waals surface area contributed by atoms with Crippen molar-refractivity contribution in [1.29, 1.82) is 0 Å². The predicted molar refractivity (Wildman–Crippen MR) is 84.0 cm³/mol. The zero-order chi connectivity index (χ0) is 14.8. The van der Waals surface area contributed by atoms with Crippen LogP contribution in [0.4, 0.5) is 5.69 Å². The van der Waals surface area contributed by atoms with Crippen molar-refractivity contribution in [2.24, 2.45) is 0 Å². The first-order chi connectivity index (χ1) is 9.41. The summed E-state index contributed by atoms with van der Waals surface area (Å²) in [4.78, 5) is 12.5. The van der Waals surface area contributed by atoms with E-state index in [-0.39, 0.29) is 5.91 Å². The molecule has 0 bridgehead atoms. The number of anilines is 1. The second-order valence-corrected chi connectivity index (χ2v) is 5.74. The summed E-state index contributed by atoms with van der Waals surface area (Å²) in [5, 5.41) is 3.01. The monoisotopic (exact) mass is 267 g/mol. The van der Waals surface area contributed by atoms with Gasteiger partial charge < -0.3 is 5.32 Å². The highest BCUT2D eigenvalue weighted by Crippen LogP contribution is 2.25. The molecule has 1 N–H and O–H groups in total. The number of nitrogens with one attached hydrogen (secondary N) is 1. The van der Waals surface area contributed by atoms with Crippen LogP contribution in [0.5, 0.6) is 0 Å². The zero-order valence-corrected chi connectivity index (χ0v) is 12.5. The standard InChI is InChI=1S/C18H21NO/c1-13-10-11-16(12-14(13)2)19-17(20)18(3,4)15-8-6-5-7-9-15/h5-12H,1-4H3,(H,19,20). The minimum Gasteiger partial charge on any atom is -0.325 e. The zero-order valence-electron chi connectivity index (χ0n) is 12.5. The Kier molecular flexibility index (Phi) is 3.93. The first-order valence-electron chi connectivity index (χ1n) is 6.85. The molecule has 0 spiro atoms. The molecule has 0 aliphatic heterocycles. The predicted octanol–water partition coefficient (Wildman–Crippen LogP) is 4.22. The fraction of sp³-hybridized carbons (Fsp3) is 0.278. The molecule has 0 radical (unpaired) electrons. The summed E-state index contributed by atoms with van der Waals surface area (Å²) in [6.07, 6.45) is 0. The van der Waals surface area contributed by atoms with Crippen molar-refractivity contribution in [1.82, 2.24) is 0 Å². The SMILES string of the molecule is Cc1ccc(NC(=O)C(C)(C)c2ccccc2)cc1C. The molecular formula is C18H21NO. The third-order valence-electron chi connectivity index (χ3n) is 3.83. The van der Waals surface area contributed by atoms with Crippen LogP contribution in [0.1, 0.15) is 30.5 Å². The summed E-state index contributed by atoms with van der Waals surface area (Å²) in [5.74, 6) is 0.00644. The lowest BCUT2D eigenvalue weighted by atomic mass is 9.83. The first-order valence-corrected chi connectivity index (χ1v) is 6.85. The number of hydrogen-bond acceptors (Lipinski definition) is 1. The normalized spacial score (nSPS) is 11.2. The van der Waals surface area contributed by atoms with E-state index in [1.807, 2.05) is 69.3 Å². The van der Waals surface area contributed by atoms with Crippen LogP contribution in [0.2, 0.25) is 0 Å². The van der Waals surface area contributed by atoms with Gasteiger partial charge >= 0.3 is 0 Å². The average molecular weight is 267 g/mol. The molecule has 0 aromatic heterocycles. The maximum absolute atomic E-state index is 12.5. The summed E-state index contributed by atoms with van der Waals surface area (Å²) in [6.45, 7) is 8.00. The fourth-order valence-electron chi connectivity index (χ4n) is 2.09. The van der Waals surface area contributed by atoms with Gasteiger partial charge in [-0.25, -0.2) is 0 Å². The molecule has 20 heavy (non-hydrogen) atoms. The van der Waals surface area contributed by atoms with Crippen LogP contribution in [0.3, 0.4) is 0 Å². The van der Waals surface area contributed by atoms with E-state index >= 15 is 0 Å². The van der Waals surface area contributed by atoms with Gasteiger partial charge in [0.2, 0.25) is 5.91 Å². The Morgan fingerprint density at radius 1 is 0.950 bits per heavy atom. The number of carbonyl (C=O) groups is 1. The summed E-state index contributed by atoms with van der Waals surface area (Å²) in [5.41, 5.74) is 3.72.